The van der Waals surface area contributed by atoms with Crippen molar-refractivity contribution in [1.29, 1.82) is 0 Å². The lowest BCUT2D eigenvalue weighted by Gasteiger charge is -2.04. The van der Waals surface area contributed by atoms with Gasteiger partial charge in [-0.05, 0) is 17.3 Å². The number of halogens is 3. The van der Waals surface area contributed by atoms with Gasteiger partial charge < -0.3 is 0 Å². The molecule has 0 bridgehead atoms. The summed E-state index contributed by atoms with van der Waals surface area (Å²) in [7, 11) is 0. The molecular weight excluding hydrogens is 597 g/mol. The normalized spacial score (nSPS) is 11.4. The third-order valence-corrected chi connectivity index (χ3v) is 6.06. The van der Waals surface area contributed by atoms with Crippen LogP contribution in [0.4, 0.5) is 0 Å². The van der Waals surface area contributed by atoms with Crippen molar-refractivity contribution >= 4 is 67.8 Å². The zero-order valence-electron chi connectivity index (χ0n) is 13.7. The minimum Gasteiger partial charge on any atom is -0.0864 e. The average Bonchev–Trinajstić information content (AvgIpc) is 2.46. The summed E-state index contributed by atoms with van der Waals surface area (Å²) in [6, 6.07) is 0. The molecule has 0 aromatic heterocycles. The van der Waals surface area contributed by atoms with E-state index in [4.69, 9.17) is 0 Å². The second kappa shape index (κ2) is 20.2. The molecule has 0 spiro atoms. The molecule has 0 aliphatic rings. The van der Waals surface area contributed by atoms with Gasteiger partial charge in [0.1, 0.15) is 0 Å². The summed E-state index contributed by atoms with van der Waals surface area (Å²) >= 11 is 7.55. The van der Waals surface area contributed by atoms with Crippen LogP contribution in [0.3, 0.4) is 0 Å². The van der Waals surface area contributed by atoms with Crippen molar-refractivity contribution < 1.29 is 0 Å². The summed E-state index contributed by atoms with van der Waals surface area (Å²) < 4.78 is 2.18. The summed E-state index contributed by atoms with van der Waals surface area (Å²) in [5, 5.41) is 0. The topological polar surface area (TPSA) is 0 Å². The molecule has 0 fully saturated rings. The molecule has 0 aliphatic heterocycles. The van der Waals surface area contributed by atoms with Crippen molar-refractivity contribution in [3.63, 3.8) is 0 Å². The fourth-order valence-corrected chi connectivity index (χ4v) is 4.11. The molecule has 21 heavy (non-hydrogen) atoms. The van der Waals surface area contributed by atoms with Crippen LogP contribution in [0.15, 0.2) is 0 Å². The molecule has 0 heterocycles. The number of unbranched alkanes of at least 4 members (excludes halogenated alkanes) is 14. The van der Waals surface area contributed by atoms with E-state index in [1.54, 1.807) is 0 Å². The average molecular weight is 632 g/mol. The van der Waals surface area contributed by atoms with Crippen LogP contribution in [-0.2, 0) is 0 Å². The van der Waals surface area contributed by atoms with Crippen LogP contribution in [0.5, 0.6) is 0 Å². The molecule has 0 saturated heterocycles. The van der Waals surface area contributed by atoms with E-state index in [9.17, 15) is 0 Å². The van der Waals surface area contributed by atoms with Crippen LogP contribution < -0.4 is 0 Å². The monoisotopic (exact) mass is 632 g/mol. The Morgan fingerprint density at radius 3 is 1.00 bits per heavy atom. The van der Waals surface area contributed by atoms with E-state index in [1.807, 2.05) is 0 Å². The smallest absolute Gasteiger partial charge is 0.0626 e. The predicted molar refractivity (Wildman–Crippen MR) is 125 cm³/mol. The van der Waals surface area contributed by atoms with Gasteiger partial charge in [0, 0.05) is 0 Å². The molecule has 0 aromatic carbocycles. The first-order chi connectivity index (χ1) is 10.3. The highest BCUT2D eigenvalue weighted by Crippen LogP contribution is 2.19. The van der Waals surface area contributed by atoms with Gasteiger partial charge in [-0.3, -0.25) is 0 Å². The molecular formula is C18H35I3. The van der Waals surface area contributed by atoms with Gasteiger partial charge in [-0.1, -0.05) is 158 Å². The Labute approximate surface area is 175 Å². The third kappa shape index (κ3) is 22.2. The lowest BCUT2D eigenvalue weighted by Crippen LogP contribution is -1.86. The van der Waals surface area contributed by atoms with Gasteiger partial charge in [0.2, 0.25) is 0 Å². The number of rotatable bonds is 17. The molecule has 0 radical (unpaired) electrons. The molecule has 0 N–H and O–H groups in total. The Balaban J connectivity index is 2.93. The molecule has 0 unspecified atom stereocenters. The molecule has 0 saturated carbocycles. The molecule has 3 heteroatoms. The van der Waals surface area contributed by atoms with Gasteiger partial charge in [-0.25, -0.2) is 0 Å². The fourth-order valence-electron chi connectivity index (χ4n) is 2.69. The van der Waals surface area contributed by atoms with Crippen LogP contribution in [0, 0.1) is 0 Å². The van der Waals surface area contributed by atoms with Crippen LogP contribution in [0.25, 0.3) is 0 Å². The highest BCUT2D eigenvalue weighted by molar-refractivity contribution is 14.2. The number of hydrogen-bond donors (Lipinski definition) is 0. The first kappa shape index (κ1) is 23.2. The highest BCUT2D eigenvalue weighted by Gasteiger charge is 1.97. The van der Waals surface area contributed by atoms with Gasteiger partial charge in [0.05, 0.1) is 1.93 Å². The van der Waals surface area contributed by atoms with Crippen molar-refractivity contribution in [1.82, 2.24) is 0 Å². The van der Waals surface area contributed by atoms with E-state index in [-0.39, 0.29) is 0 Å². The van der Waals surface area contributed by atoms with Crippen molar-refractivity contribution in [2.45, 2.75) is 105 Å². The maximum atomic E-state index is 2.53. The quantitative estimate of drug-likeness (QED) is 0.0855. The minimum absolute atomic E-state index is 0.839. The summed E-state index contributed by atoms with van der Waals surface area (Å²) in [4.78, 5) is 0. The molecule has 0 amide bonds. The van der Waals surface area contributed by atoms with Gasteiger partial charge in [0.25, 0.3) is 0 Å². The number of alkyl halides is 3. The van der Waals surface area contributed by atoms with E-state index in [0.29, 0.717) is 0 Å². The Hall–Kier alpha value is 2.19. The molecule has 0 aromatic rings. The molecule has 0 nitrogen and oxygen atoms in total. The maximum Gasteiger partial charge on any atom is 0.0626 e. The van der Waals surface area contributed by atoms with Gasteiger partial charge in [-0.2, -0.15) is 0 Å². The third-order valence-electron chi connectivity index (χ3n) is 4.06. The second-order valence-corrected chi connectivity index (χ2v) is 12.6. The first-order valence-corrected chi connectivity index (χ1v) is 13.1. The molecule has 0 rings (SSSR count). The maximum absolute atomic E-state index is 2.53. The van der Waals surface area contributed by atoms with Crippen molar-refractivity contribution in [2.24, 2.45) is 0 Å². The van der Waals surface area contributed by atoms with E-state index < -0.39 is 0 Å². The molecule has 0 aliphatic carbocycles. The SMILES string of the molecule is ICCCCCCCCCCCCCCCCCC(I)I. The highest BCUT2D eigenvalue weighted by atomic mass is 127. The van der Waals surface area contributed by atoms with E-state index in [2.05, 4.69) is 67.8 Å². The minimum atomic E-state index is 0.839. The standard InChI is InChI=1S/C18H35I3/c19-17-15-13-11-9-7-5-3-1-2-4-6-8-10-12-14-16-18(20)21/h18H,1-17H2. The lowest BCUT2D eigenvalue weighted by molar-refractivity contribution is 0.532. The Morgan fingerprint density at radius 1 is 0.429 bits per heavy atom. The van der Waals surface area contributed by atoms with Crippen LogP contribution in [0.2, 0.25) is 0 Å². The summed E-state index contributed by atoms with van der Waals surface area (Å²) in [5.74, 6) is 0. The fraction of sp³-hybridized carbons (Fsp3) is 1.00. The van der Waals surface area contributed by atoms with Gasteiger partial charge in [-0.15, -0.1) is 0 Å². The van der Waals surface area contributed by atoms with E-state index in [1.165, 1.54) is 107 Å². The Kier molecular flexibility index (Phi) is 22.3. The second-order valence-electron chi connectivity index (χ2n) is 6.17. The van der Waals surface area contributed by atoms with E-state index >= 15 is 0 Å². The zero-order chi connectivity index (χ0) is 15.6. The van der Waals surface area contributed by atoms with Crippen LogP contribution in [0.1, 0.15) is 103 Å². The van der Waals surface area contributed by atoms with Crippen LogP contribution in [-0.4, -0.2) is 6.36 Å². The van der Waals surface area contributed by atoms with Crippen molar-refractivity contribution in [2.75, 3.05) is 4.43 Å². The van der Waals surface area contributed by atoms with Gasteiger partial charge >= 0.3 is 0 Å². The van der Waals surface area contributed by atoms with Gasteiger partial charge in [0.15, 0.2) is 0 Å². The lowest BCUT2D eigenvalue weighted by atomic mass is 10.0. The van der Waals surface area contributed by atoms with E-state index in [0.717, 1.165) is 1.93 Å². The van der Waals surface area contributed by atoms with Crippen molar-refractivity contribution in [3.8, 4) is 0 Å². The number of hydrogen-bond acceptors (Lipinski definition) is 0. The largest absolute Gasteiger partial charge is 0.0864 e. The van der Waals surface area contributed by atoms with Crippen molar-refractivity contribution in [3.05, 3.63) is 0 Å². The molecule has 0 atom stereocenters. The predicted octanol–water partition coefficient (Wildman–Crippen LogP) is 8.86. The summed E-state index contributed by atoms with van der Waals surface area (Å²) in [6.07, 6.45) is 23.5. The summed E-state index contributed by atoms with van der Waals surface area (Å²) in [5.41, 5.74) is 0. The zero-order valence-corrected chi connectivity index (χ0v) is 20.2. The first-order valence-electron chi connectivity index (χ1n) is 9.11. The Bertz CT molecular complexity index is 183. The summed E-state index contributed by atoms with van der Waals surface area (Å²) in [6.45, 7) is 0. The molecule has 128 valence electrons. The van der Waals surface area contributed by atoms with Crippen LogP contribution >= 0.6 is 67.8 Å². The Morgan fingerprint density at radius 2 is 0.714 bits per heavy atom.